The Morgan fingerprint density at radius 3 is 1.97 bits per heavy atom. The number of ether oxygens (including phenoxy) is 2. The zero-order valence-electron chi connectivity index (χ0n) is 18.9. The summed E-state index contributed by atoms with van der Waals surface area (Å²) < 4.78 is 12.6. The number of aliphatic carboxylic acids is 2. The number of carbonyl (C=O) groups is 3. The molecule has 0 radical (unpaired) electrons. The Morgan fingerprint density at radius 1 is 1.09 bits per heavy atom. The standard InChI is InChI=1S/C19H22NO4S2.C4H4O4.BrH/c1-20(2)12-9-11(10-13(20)17-16(12)24-17)23-18(21)19(22,14-5-3-7-25-14)15-6-4-8-26-15;5-3(6)1-2-4(7)8;/h3-8,11-13,16-17,22H,9-10H2,1-2H3;1-2H,(H,5,6)(H,7,8);1H/q+1;;/p-1/t11?,12-,13+,16-,17+;;. The second kappa shape index (κ2) is 10.5. The summed E-state index contributed by atoms with van der Waals surface area (Å²) in [7, 11) is 4.49. The van der Waals surface area contributed by atoms with E-state index in [0.29, 0.717) is 46.2 Å². The van der Waals surface area contributed by atoms with Crippen LogP contribution in [0.1, 0.15) is 22.6 Å². The minimum absolute atomic E-state index is 0. The fourth-order valence-electron chi connectivity index (χ4n) is 4.97. The first-order chi connectivity index (χ1) is 16.0. The Labute approximate surface area is 220 Å². The number of carboxylic acids is 2. The molecule has 190 valence electrons. The molecule has 3 aliphatic rings. The van der Waals surface area contributed by atoms with Gasteiger partial charge >= 0.3 is 11.9 Å². The fraction of sp³-hybridized carbons (Fsp3) is 0.435. The number of quaternary nitrogens is 1. The van der Waals surface area contributed by atoms with E-state index in [1.54, 1.807) is 12.1 Å². The van der Waals surface area contributed by atoms with Crippen LogP contribution in [-0.4, -0.2) is 77.1 Å². The van der Waals surface area contributed by atoms with Crippen LogP contribution < -0.4 is 5.11 Å². The molecule has 3 saturated heterocycles. The molecule has 0 saturated carbocycles. The highest BCUT2D eigenvalue weighted by Gasteiger charge is 2.71. The molecule has 2 aromatic rings. The van der Waals surface area contributed by atoms with Crippen molar-refractivity contribution in [1.29, 1.82) is 0 Å². The first-order valence-electron chi connectivity index (χ1n) is 10.7. The van der Waals surface area contributed by atoms with Crippen molar-refractivity contribution in [3.8, 4) is 0 Å². The number of halogens is 1. The van der Waals surface area contributed by atoms with Gasteiger partial charge in [-0.05, 0) is 29.0 Å². The fourth-order valence-corrected chi connectivity index (χ4v) is 6.68. The van der Waals surface area contributed by atoms with Crippen LogP contribution in [0.4, 0.5) is 0 Å². The number of morpholine rings is 1. The molecule has 0 spiro atoms. The number of thiophene rings is 2. The number of hydrogen-bond donors (Lipinski definition) is 2. The molecule has 35 heavy (non-hydrogen) atoms. The Kier molecular flexibility index (Phi) is 8.24. The van der Waals surface area contributed by atoms with Gasteiger partial charge in [-0.3, -0.25) is 0 Å². The third-order valence-electron chi connectivity index (χ3n) is 6.72. The summed E-state index contributed by atoms with van der Waals surface area (Å²) in [6.45, 7) is 0. The van der Waals surface area contributed by atoms with Crippen LogP contribution in [0.2, 0.25) is 0 Å². The molecule has 1 unspecified atom stereocenters. The number of esters is 1. The van der Waals surface area contributed by atoms with Gasteiger partial charge in [-0.25, -0.2) is 9.59 Å². The van der Waals surface area contributed by atoms with Crippen molar-refractivity contribution in [1.82, 2.24) is 0 Å². The van der Waals surface area contributed by atoms with Crippen molar-refractivity contribution >= 4 is 57.6 Å². The molecule has 5 atom stereocenters. The van der Waals surface area contributed by atoms with Crippen molar-refractivity contribution in [2.24, 2.45) is 0 Å². The van der Waals surface area contributed by atoms with Gasteiger partial charge in [0.25, 0.3) is 0 Å². The average molecular weight is 588 g/mol. The second-order valence-electron chi connectivity index (χ2n) is 8.98. The zero-order valence-corrected chi connectivity index (χ0v) is 22.3. The maximum absolute atomic E-state index is 13.1. The van der Waals surface area contributed by atoms with Crippen molar-refractivity contribution in [3.05, 3.63) is 56.9 Å². The van der Waals surface area contributed by atoms with E-state index in [1.165, 1.54) is 22.7 Å². The molecular formula is C23H26BrNO8S2. The molecule has 0 aromatic carbocycles. The van der Waals surface area contributed by atoms with Crippen molar-refractivity contribution in [3.63, 3.8) is 0 Å². The second-order valence-corrected chi connectivity index (χ2v) is 10.9. The first kappa shape index (κ1) is 27.5. The number of rotatable bonds is 6. The largest absolute Gasteiger partial charge is 0.545 e. The number of likely N-dealkylation sites (N-methyl/N-ethyl adjacent to an activating group) is 1. The number of nitrogens with zero attached hydrogens (tertiary/aromatic N) is 1. The highest BCUT2D eigenvalue weighted by molar-refractivity contribution is 8.93. The molecule has 0 aliphatic carbocycles. The lowest BCUT2D eigenvalue weighted by atomic mass is 9.95. The number of carboxylic acid groups (broad SMARTS) is 2. The topological polar surface area (TPSA) is 136 Å². The SMILES string of the molecule is Br.C[N+]1(C)[C@@H]2CC(OC(=O)C(O)(c3cccs3)c3cccs3)C[C@H]1[C@@H]1O[C@@H]12.O=C([O-])C=CC(=O)O. The molecule has 12 heteroatoms. The van der Waals surface area contributed by atoms with E-state index in [4.69, 9.17) is 14.6 Å². The van der Waals surface area contributed by atoms with Gasteiger partial charge in [0.05, 0.1) is 29.8 Å². The number of aliphatic hydroxyl groups is 1. The summed E-state index contributed by atoms with van der Waals surface area (Å²) in [4.78, 5) is 33.3. The van der Waals surface area contributed by atoms with Crippen molar-refractivity contribution in [2.45, 2.75) is 48.8 Å². The summed E-state index contributed by atoms with van der Waals surface area (Å²) >= 11 is 2.74. The summed E-state index contributed by atoms with van der Waals surface area (Å²) in [5, 5.41) is 32.3. The van der Waals surface area contributed by atoms with Crippen LogP contribution in [0.5, 0.6) is 0 Å². The molecule has 2 N–H and O–H groups in total. The van der Waals surface area contributed by atoms with Gasteiger partial charge in [0.15, 0.2) is 0 Å². The van der Waals surface area contributed by atoms with E-state index < -0.39 is 23.5 Å². The molecule has 2 aromatic heterocycles. The lowest BCUT2D eigenvalue weighted by Crippen LogP contribution is -2.60. The molecule has 5 rings (SSSR count). The van der Waals surface area contributed by atoms with Crippen molar-refractivity contribution in [2.75, 3.05) is 14.1 Å². The lowest BCUT2D eigenvalue weighted by molar-refractivity contribution is -0.938. The Balaban J connectivity index is 0.000000332. The molecule has 9 nitrogen and oxygen atoms in total. The van der Waals surface area contributed by atoms with E-state index in [2.05, 4.69) is 14.1 Å². The van der Waals surface area contributed by atoms with E-state index >= 15 is 0 Å². The summed E-state index contributed by atoms with van der Waals surface area (Å²) in [5.74, 6) is -3.37. The van der Waals surface area contributed by atoms with E-state index in [0.717, 1.165) is 17.3 Å². The monoisotopic (exact) mass is 587 g/mol. The number of piperidine rings is 1. The normalized spacial score (nSPS) is 27.7. The maximum Gasteiger partial charge on any atom is 0.349 e. The zero-order chi connectivity index (χ0) is 24.7. The molecule has 5 heterocycles. The highest BCUT2D eigenvalue weighted by atomic mass is 79.9. The van der Waals surface area contributed by atoms with Gasteiger partial charge in [-0.1, -0.05) is 12.1 Å². The lowest BCUT2D eigenvalue weighted by Gasteiger charge is -2.45. The summed E-state index contributed by atoms with van der Waals surface area (Å²) in [6, 6.07) is 8.01. The van der Waals surface area contributed by atoms with Crippen LogP contribution in [0.3, 0.4) is 0 Å². The van der Waals surface area contributed by atoms with Gasteiger partial charge in [-0.15, -0.1) is 39.7 Å². The highest BCUT2D eigenvalue weighted by Crippen LogP contribution is 2.52. The molecule has 2 bridgehead atoms. The molecular weight excluding hydrogens is 562 g/mol. The quantitative estimate of drug-likeness (QED) is 0.223. The number of hydrogen-bond acceptors (Lipinski definition) is 9. The van der Waals surface area contributed by atoms with Gasteiger partial charge in [-0.2, -0.15) is 0 Å². The Morgan fingerprint density at radius 2 is 1.60 bits per heavy atom. The van der Waals surface area contributed by atoms with Gasteiger partial charge in [0, 0.05) is 18.9 Å². The first-order valence-corrected chi connectivity index (χ1v) is 12.4. The predicted molar refractivity (Wildman–Crippen MR) is 131 cm³/mol. The van der Waals surface area contributed by atoms with Crippen LogP contribution in [0, 0.1) is 0 Å². The Bertz CT molecular complexity index is 1010. The third kappa shape index (κ3) is 5.37. The van der Waals surface area contributed by atoms with E-state index in [-0.39, 0.29) is 23.1 Å². The number of carbonyl (C=O) groups excluding carboxylic acids is 2. The number of fused-ring (bicyclic) bond motifs is 5. The molecule has 0 amide bonds. The maximum atomic E-state index is 13.1. The predicted octanol–water partition coefficient (Wildman–Crippen LogP) is 1.30. The van der Waals surface area contributed by atoms with Crippen LogP contribution >= 0.6 is 39.7 Å². The third-order valence-corrected chi connectivity index (χ3v) is 8.68. The Hall–Kier alpha value is -2.09. The summed E-state index contributed by atoms with van der Waals surface area (Å²) in [6.07, 6.45) is 2.99. The smallest absolute Gasteiger partial charge is 0.349 e. The number of epoxide rings is 1. The van der Waals surface area contributed by atoms with Crippen molar-refractivity contribution < 1.29 is 43.7 Å². The van der Waals surface area contributed by atoms with Crippen LogP contribution in [0.25, 0.3) is 0 Å². The minimum Gasteiger partial charge on any atom is -0.545 e. The molecule has 3 fully saturated rings. The van der Waals surface area contributed by atoms with Gasteiger partial charge < -0.3 is 34.1 Å². The molecule has 3 aliphatic heterocycles. The van der Waals surface area contributed by atoms with Crippen LogP contribution in [-0.2, 0) is 29.5 Å². The van der Waals surface area contributed by atoms with Gasteiger partial charge in [0.2, 0.25) is 5.60 Å². The minimum atomic E-state index is -1.72. The van der Waals surface area contributed by atoms with E-state index in [1.807, 2.05) is 22.9 Å². The van der Waals surface area contributed by atoms with E-state index in [9.17, 15) is 24.6 Å². The van der Waals surface area contributed by atoms with Crippen LogP contribution in [0.15, 0.2) is 47.2 Å². The summed E-state index contributed by atoms with van der Waals surface area (Å²) in [5.41, 5.74) is -1.72. The average Bonchev–Trinajstić information content (AvgIpc) is 3.11. The van der Waals surface area contributed by atoms with Gasteiger partial charge in [0.1, 0.15) is 30.4 Å².